The van der Waals surface area contributed by atoms with Crippen molar-refractivity contribution in [3.8, 4) is 0 Å². The van der Waals surface area contributed by atoms with Crippen molar-refractivity contribution in [2.75, 3.05) is 20.2 Å². The average Bonchev–Trinajstić information content (AvgIpc) is 2.83. The highest BCUT2D eigenvalue weighted by Crippen LogP contribution is 2.21. The smallest absolute Gasteiger partial charge is 0.325 e. The SMILES string of the molecule is COC(=O)CN(C(=O)C1CCC(CN)O1)C(C)C. The van der Waals surface area contributed by atoms with E-state index in [2.05, 4.69) is 4.74 Å². The van der Waals surface area contributed by atoms with E-state index in [0.29, 0.717) is 13.0 Å². The van der Waals surface area contributed by atoms with E-state index in [9.17, 15) is 9.59 Å². The highest BCUT2D eigenvalue weighted by molar-refractivity contribution is 5.85. The molecule has 18 heavy (non-hydrogen) atoms. The molecule has 6 heteroatoms. The normalized spacial score (nSPS) is 23.2. The molecule has 2 atom stereocenters. The number of ether oxygens (including phenoxy) is 2. The Bertz CT molecular complexity index is 306. The van der Waals surface area contributed by atoms with Crippen LogP contribution in [0.15, 0.2) is 0 Å². The Hall–Kier alpha value is -1.14. The van der Waals surface area contributed by atoms with Crippen molar-refractivity contribution < 1.29 is 19.1 Å². The number of esters is 1. The van der Waals surface area contributed by atoms with Gasteiger partial charge in [0, 0.05) is 12.6 Å². The van der Waals surface area contributed by atoms with Crippen LogP contribution in [0.1, 0.15) is 26.7 Å². The van der Waals surface area contributed by atoms with E-state index >= 15 is 0 Å². The first-order valence-electron chi connectivity index (χ1n) is 6.22. The molecule has 2 N–H and O–H groups in total. The van der Waals surface area contributed by atoms with Gasteiger partial charge in [0.25, 0.3) is 5.91 Å². The van der Waals surface area contributed by atoms with E-state index in [1.54, 1.807) is 0 Å². The van der Waals surface area contributed by atoms with Gasteiger partial charge < -0.3 is 20.1 Å². The first-order chi connectivity index (χ1) is 8.49. The molecule has 0 spiro atoms. The second-order valence-corrected chi connectivity index (χ2v) is 4.70. The molecule has 6 nitrogen and oxygen atoms in total. The van der Waals surface area contributed by atoms with Gasteiger partial charge in [0.15, 0.2) is 0 Å². The third kappa shape index (κ3) is 3.68. The lowest BCUT2D eigenvalue weighted by Gasteiger charge is -2.28. The van der Waals surface area contributed by atoms with Crippen LogP contribution in [0, 0.1) is 0 Å². The molecule has 1 saturated heterocycles. The maximum atomic E-state index is 12.3. The summed E-state index contributed by atoms with van der Waals surface area (Å²) in [5.74, 6) is -0.586. The van der Waals surface area contributed by atoms with E-state index in [4.69, 9.17) is 10.5 Å². The molecule has 0 saturated carbocycles. The summed E-state index contributed by atoms with van der Waals surface area (Å²) in [6, 6.07) is -0.0721. The zero-order valence-electron chi connectivity index (χ0n) is 11.2. The highest BCUT2D eigenvalue weighted by Gasteiger charge is 2.34. The van der Waals surface area contributed by atoms with Crippen LogP contribution in [0.3, 0.4) is 0 Å². The molecule has 1 fully saturated rings. The van der Waals surface area contributed by atoms with Crippen molar-refractivity contribution in [2.24, 2.45) is 5.73 Å². The molecule has 0 bridgehead atoms. The standard InChI is InChI=1S/C12H22N2O4/c1-8(2)14(7-11(15)17-3)12(16)10-5-4-9(6-13)18-10/h8-10H,4-7,13H2,1-3H3. The third-order valence-corrected chi connectivity index (χ3v) is 3.08. The zero-order valence-corrected chi connectivity index (χ0v) is 11.2. The number of hydrogen-bond acceptors (Lipinski definition) is 5. The van der Waals surface area contributed by atoms with E-state index < -0.39 is 12.1 Å². The zero-order chi connectivity index (χ0) is 13.7. The fraction of sp³-hybridized carbons (Fsp3) is 0.833. The van der Waals surface area contributed by atoms with Gasteiger partial charge in [0.2, 0.25) is 0 Å². The first kappa shape index (κ1) is 14.9. The van der Waals surface area contributed by atoms with Crippen LogP contribution in [0.25, 0.3) is 0 Å². The summed E-state index contributed by atoms with van der Waals surface area (Å²) in [5, 5.41) is 0. The van der Waals surface area contributed by atoms with Crippen molar-refractivity contribution >= 4 is 11.9 Å². The van der Waals surface area contributed by atoms with Gasteiger partial charge >= 0.3 is 5.97 Å². The average molecular weight is 258 g/mol. The van der Waals surface area contributed by atoms with Crippen LogP contribution in [0.4, 0.5) is 0 Å². The van der Waals surface area contributed by atoms with E-state index in [0.717, 1.165) is 6.42 Å². The molecule has 1 rings (SSSR count). The molecule has 0 radical (unpaired) electrons. The summed E-state index contributed by atoms with van der Waals surface area (Å²) >= 11 is 0. The summed E-state index contributed by atoms with van der Waals surface area (Å²) < 4.78 is 10.1. The van der Waals surface area contributed by atoms with Gasteiger partial charge in [-0.3, -0.25) is 9.59 Å². The quantitative estimate of drug-likeness (QED) is 0.696. The summed E-state index contributed by atoms with van der Waals surface area (Å²) in [6.07, 6.45) is 0.916. The van der Waals surface area contributed by atoms with Crippen LogP contribution in [-0.4, -0.2) is 55.2 Å². The van der Waals surface area contributed by atoms with E-state index in [1.165, 1.54) is 12.0 Å². The number of hydrogen-bond donors (Lipinski definition) is 1. The minimum atomic E-state index is -0.481. The van der Waals surface area contributed by atoms with Gasteiger partial charge in [0.1, 0.15) is 12.6 Å². The Kier molecular flexibility index (Phi) is 5.55. The molecule has 1 aliphatic rings. The Morgan fingerprint density at radius 1 is 1.44 bits per heavy atom. The first-order valence-corrected chi connectivity index (χ1v) is 6.22. The second-order valence-electron chi connectivity index (χ2n) is 4.70. The number of carbonyl (C=O) groups is 2. The summed E-state index contributed by atoms with van der Waals surface area (Å²) in [7, 11) is 1.31. The molecule has 1 aliphatic heterocycles. The van der Waals surface area contributed by atoms with E-state index in [-0.39, 0.29) is 24.6 Å². The lowest BCUT2D eigenvalue weighted by Crippen LogP contribution is -2.46. The van der Waals surface area contributed by atoms with Crippen LogP contribution < -0.4 is 5.73 Å². The lowest BCUT2D eigenvalue weighted by atomic mass is 10.1. The predicted molar refractivity (Wildman–Crippen MR) is 65.8 cm³/mol. The van der Waals surface area contributed by atoms with Crippen molar-refractivity contribution in [1.29, 1.82) is 0 Å². The summed E-state index contributed by atoms with van der Waals surface area (Å²) in [5.41, 5.74) is 5.51. The second kappa shape index (κ2) is 6.70. The number of rotatable bonds is 5. The maximum Gasteiger partial charge on any atom is 0.325 e. The number of amides is 1. The molecule has 0 aromatic rings. The Morgan fingerprint density at radius 2 is 2.11 bits per heavy atom. The van der Waals surface area contributed by atoms with Crippen LogP contribution >= 0.6 is 0 Å². The largest absolute Gasteiger partial charge is 0.468 e. The Labute approximate surface area is 107 Å². The van der Waals surface area contributed by atoms with Crippen molar-refractivity contribution in [3.05, 3.63) is 0 Å². The maximum absolute atomic E-state index is 12.3. The van der Waals surface area contributed by atoms with Gasteiger partial charge in [-0.2, -0.15) is 0 Å². The number of nitrogens with two attached hydrogens (primary N) is 1. The van der Waals surface area contributed by atoms with Crippen molar-refractivity contribution in [3.63, 3.8) is 0 Å². The van der Waals surface area contributed by atoms with Gasteiger partial charge in [-0.1, -0.05) is 0 Å². The van der Waals surface area contributed by atoms with Gasteiger partial charge in [-0.15, -0.1) is 0 Å². The Balaban J connectivity index is 2.63. The van der Waals surface area contributed by atoms with Gasteiger partial charge in [-0.25, -0.2) is 0 Å². The van der Waals surface area contributed by atoms with Crippen LogP contribution in [0.2, 0.25) is 0 Å². The fourth-order valence-corrected chi connectivity index (χ4v) is 1.96. The summed E-state index contributed by atoms with van der Waals surface area (Å²) in [6.45, 7) is 4.09. The molecular weight excluding hydrogens is 236 g/mol. The highest BCUT2D eigenvalue weighted by atomic mass is 16.5. The van der Waals surface area contributed by atoms with E-state index in [1.807, 2.05) is 13.8 Å². The summed E-state index contributed by atoms with van der Waals surface area (Å²) in [4.78, 5) is 25.0. The number of nitrogens with zero attached hydrogens (tertiary/aromatic N) is 1. The molecule has 104 valence electrons. The monoisotopic (exact) mass is 258 g/mol. The van der Waals surface area contributed by atoms with Crippen LogP contribution in [0.5, 0.6) is 0 Å². The molecule has 1 amide bonds. The number of methoxy groups -OCH3 is 1. The van der Waals surface area contributed by atoms with Gasteiger partial charge in [-0.05, 0) is 26.7 Å². The lowest BCUT2D eigenvalue weighted by molar-refractivity contribution is -0.153. The molecule has 0 aromatic heterocycles. The minimum Gasteiger partial charge on any atom is -0.468 e. The third-order valence-electron chi connectivity index (χ3n) is 3.08. The predicted octanol–water partition coefficient (Wildman–Crippen LogP) is -0.0973. The van der Waals surface area contributed by atoms with Crippen molar-refractivity contribution in [1.82, 2.24) is 4.90 Å². The Morgan fingerprint density at radius 3 is 2.56 bits per heavy atom. The fourth-order valence-electron chi connectivity index (χ4n) is 1.96. The molecule has 1 heterocycles. The van der Waals surface area contributed by atoms with Crippen LogP contribution in [-0.2, 0) is 19.1 Å². The topological polar surface area (TPSA) is 81.9 Å². The van der Waals surface area contributed by atoms with Gasteiger partial charge in [0.05, 0.1) is 13.2 Å². The minimum absolute atomic E-state index is 0.0415. The molecule has 0 aromatic carbocycles. The van der Waals surface area contributed by atoms with Crippen molar-refractivity contribution in [2.45, 2.75) is 44.9 Å². The molecule has 2 unspecified atom stereocenters. The molecule has 0 aliphatic carbocycles. The number of carbonyl (C=O) groups excluding carboxylic acids is 2. The molecular formula is C12H22N2O4.